The molecule has 0 rings (SSSR count). The Balaban J connectivity index is 3.53. The van der Waals surface area contributed by atoms with Gasteiger partial charge >= 0.3 is 0 Å². The van der Waals surface area contributed by atoms with Gasteiger partial charge < -0.3 is 0 Å². The molecule has 1 heteroatoms. The summed E-state index contributed by atoms with van der Waals surface area (Å²) >= 11 is 0. The van der Waals surface area contributed by atoms with E-state index in [4.69, 9.17) is 0 Å². The molecule has 0 aliphatic carbocycles. The number of unbranched alkanes of at least 4 members (excludes halogenated alkanes) is 2. The molecule has 0 aromatic rings. The van der Waals surface area contributed by atoms with Gasteiger partial charge in [0.05, 0.1) is 5.54 Å². The second kappa shape index (κ2) is 5.99. The smallest absolute Gasteiger partial charge is 0.0524 e. The Bertz CT molecular complexity index is 149. The summed E-state index contributed by atoms with van der Waals surface area (Å²) in [6, 6.07) is 0. The predicted molar refractivity (Wildman–Crippen MR) is 56.9 cm³/mol. The molecule has 0 unspecified atom stereocenters. The maximum absolute atomic E-state index is 4.34. The van der Waals surface area contributed by atoms with Crippen molar-refractivity contribution < 1.29 is 0 Å². The lowest BCUT2D eigenvalue weighted by Gasteiger charge is -2.09. The molecule has 0 aromatic heterocycles. The minimum atomic E-state index is 0.0646. The monoisotopic (exact) mass is 167 g/mol. The zero-order chi connectivity index (χ0) is 9.45. The number of hydrogen-bond acceptors (Lipinski definition) is 1. The van der Waals surface area contributed by atoms with Gasteiger partial charge in [-0.05, 0) is 33.3 Å². The van der Waals surface area contributed by atoms with E-state index in [1.807, 2.05) is 12.3 Å². The van der Waals surface area contributed by atoms with Crippen molar-refractivity contribution in [1.82, 2.24) is 0 Å². The lowest BCUT2D eigenvalue weighted by atomic mass is 10.1. The molecule has 0 bridgehead atoms. The molecule has 0 radical (unpaired) electrons. The van der Waals surface area contributed by atoms with E-state index in [2.05, 4.69) is 38.8 Å². The third-order valence-electron chi connectivity index (χ3n) is 1.41. The summed E-state index contributed by atoms with van der Waals surface area (Å²) in [5.74, 6) is 0. The van der Waals surface area contributed by atoms with Crippen LogP contribution in [-0.4, -0.2) is 11.8 Å². The van der Waals surface area contributed by atoms with Crippen molar-refractivity contribution in [2.75, 3.05) is 0 Å². The summed E-state index contributed by atoms with van der Waals surface area (Å²) in [6.45, 7) is 8.51. The maximum Gasteiger partial charge on any atom is 0.0524 e. The second-order valence-corrected chi connectivity index (χ2v) is 4.02. The van der Waals surface area contributed by atoms with Crippen LogP contribution in [0.5, 0.6) is 0 Å². The predicted octanol–water partition coefficient (Wildman–Crippen LogP) is 3.60. The fourth-order valence-electron chi connectivity index (χ4n) is 0.746. The lowest BCUT2D eigenvalue weighted by molar-refractivity contribution is 0.587. The van der Waals surface area contributed by atoms with Gasteiger partial charge in [-0.25, -0.2) is 0 Å². The van der Waals surface area contributed by atoms with Crippen LogP contribution in [0.1, 0.15) is 47.0 Å². The Morgan fingerprint density at radius 3 is 2.42 bits per heavy atom. The van der Waals surface area contributed by atoms with Gasteiger partial charge in [0.2, 0.25) is 0 Å². The first-order chi connectivity index (χ1) is 5.56. The second-order valence-electron chi connectivity index (χ2n) is 4.02. The number of aliphatic imine (C=N–C) groups is 1. The van der Waals surface area contributed by atoms with Crippen LogP contribution >= 0.6 is 0 Å². The van der Waals surface area contributed by atoms with Crippen molar-refractivity contribution in [3.8, 4) is 0 Å². The summed E-state index contributed by atoms with van der Waals surface area (Å²) < 4.78 is 0. The molecular formula is C11H21N. The standard InChI is InChI=1S/C11H21N/c1-5-6-7-8-9-10-12-11(2,3)4/h8-10H,5-7H2,1-4H3/b9-8+,12-10?. The molecule has 0 aliphatic rings. The van der Waals surface area contributed by atoms with Crippen LogP contribution in [0.2, 0.25) is 0 Å². The van der Waals surface area contributed by atoms with Crippen molar-refractivity contribution in [2.24, 2.45) is 4.99 Å². The highest BCUT2D eigenvalue weighted by molar-refractivity contribution is 5.71. The van der Waals surface area contributed by atoms with E-state index >= 15 is 0 Å². The number of nitrogens with zero attached hydrogens (tertiary/aromatic N) is 1. The molecule has 0 spiro atoms. The summed E-state index contributed by atoms with van der Waals surface area (Å²) in [6.07, 6.45) is 9.84. The molecule has 0 amide bonds. The van der Waals surface area contributed by atoms with Crippen LogP contribution in [0.3, 0.4) is 0 Å². The molecule has 12 heavy (non-hydrogen) atoms. The van der Waals surface area contributed by atoms with Crippen molar-refractivity contribution in [3.05, 3.63) is 12.2 Å². The summed E-state index contributed by atoms with van der Waals surface area (Å²) in [7, 11) is 0. The Hall–Kier alpha value is -0.590. The number of allylic oxidation sites excluding steroid dienone is 2. The van der Waals surface area contributed by atoms with Crippen LogP contribution in [0.25, 0.3) is 0 Å². The lowest BCUT2D eigenvalue weighted by Crippen LogP contribution is -2.08. The molecule has 0 fully saturated rings. The van der Waals surface area contributed by atoms with Crippen LogP contribution in [-0.2, 0) is 0 Å². The molecule has 0 saturated carbocycles. The van der Waals surface area contributed by atoms with Crippen molar-refractivity contribution in [2.45, 2.75) is 52.5 Å². The zero-order valence-electron chi connectivity index (χ0n) is 8.80. The number of rotatable bonds is 4. The highest BCUT2D eigenvalue weighted by Crippen LogP contribution is 2.04. The Kier molecular flexibility index (Phi) is 5.69. The molecular weight excluding hydrogens is 146 g/mol. The van der Waals surface area contributed by atoms with Crippen LogP contribution in [0.15, 0.2) is 17.1 Å². The topological polar surface area (TPSA) is 12.4 Å². The SMILES string of the molecule is CCCC/C=C/C=NC(C)(C)C. The highest BCUT2D eigenvalue weighted by atomic mass is 14.8. The van der Waals surface area contributed by atoms with E-state index < -0.39 is 0 Å². The maximum atomic E-state index is 4.34. The van der Waals surface area contributed by atoms with Crippen LogP contribution < -0.4 is 0 Å². The normalized spacial score (nSPS) is 13.3. The van der Waals surface area contributed by atoms with Gasteiger partial charge in [-0.15, -0.1) is 0 Å². The minimum Gasteiger partial charge on any atom is -0.287 e. The molecule has 0 N–H and O–H groups in total. The molecule has 0 saturated heterocycles. The van der Waals surface area contributed by atoms with Gasteiger partial charge in [0.25, 0.3) is 0 Å². The summed E-state index contributed by atoms with van der Waals surface area (Å²) in [5.41, 5.74) is 0.0646. The third-order valence-corrected chi connectivity index (χ3v) is 1.41. The summed E-state index contributed by atoms with van der Waals surface area (Å²) in [4.78, 5) is 4.34. The first kappa shape index (κ1) is 11.4. The molecule has 0 aromatic carbocycles. The van der Waals surface area contributed by atoms with Gasteiger partial charge in [-0.1, -0.05) is 25.8 Å². The van der Waals surface area contributed by atoms with E-state index in [0.29, 0.717) is 0 Å². The van der Waals surface area contributed by atoms with Crippen LogP contribution in [0.4, 0.5) is 0 Å². The largest absolute Gasteiger partial charge is 0.287 e. The van der Waals surface area contributed by atoms with Crippen molar-refractivity contribution in [3.63, 3.8) is 0 Å². The van der Waals surface area contributed by atoms with Crippen molar-refractivity contribution in [1.29, 1.82) is 0 Å². The summed E-state index contributed by atoms with van der Waals surface area (Å²) in [5, 5.41) is 0. The molecule has 1 nitrogen and oxygen atoms in total. The van der Waals surface area contributed by atoms with E-state index in [9.17, 15) is 0 Å². The Morgan fingerprint density at radius 1 is 1.25 bits per heavy atom. The van der Waals surface area contributed by atoms with Gasteiger partial charge in [0.1, 0.15) is 0 Å². The third kappa shape index (κ3) is 9.41. The average molecular weight is 167 g/mol. The van der Waals surface area contributed by atoms with Crippen LogP contribution in [0, 0.1) is 0 Å². The van der Waals surface area contributed by atoms with Gasteiger partial charge in [-0.3, -0.25) is 4.99 Å². The zero-order valence-corrected chi connectivity index (χ0v) is 8.80. The quantitative estimate of drug-likeness (QED) is 0.448. The van der Waals surface area contributed by atoms with E-state index in [-0.39, 0.29) is 5.54 Å². The molecule has 70 valence electrons. The van der Waals surface area contributed by atoms with E-state index in [1.54, 1.807) is 0 Å². The highest BCUT2D eigenvalue weighted by Gasteiger charge is 2.02. The molecule has 0 heterocycles. The average Bonchev–Trinajstić information content (AvgIpc) is 1.94. The van der Waals surface area contributed by atoms with Gasteiger partial charge in [-0.2, -0.15) is 0 Å². The minimum absolute atomic E-state index is 0.0646. The molecule has 0 aliphatic heterocycles. The Labute approximate surface area is 76.6 Å². The fourth-order valence-corrected chi connectivity index (χ4v) is 0.746. The first-order valence-corrected chi connectivity index (χ1v) is 4.76. The van der Waals surface area contributed by atoms with Crippen molar-refractivity contribution >= 4 is 6.21 Å². The molecule has 0 atom stereocenters. The Morgan fingerprint density at radius 2 is 1.92 bits per heavy atom. The van der Waals surface area contributed by atoms with Gasteiger partial charge in [0.15, 0.2) is 0 Å². The number of hydrogen-bond donors (Lipinski definition) is 0. The van der Waals surface area contributed by atoms with Gasteiger partial charge in [0, 0.05) is 6.21 Å². The van der Waals surface area contributed by atoms with E-state index in [1.165, 1.54) is 19.3 Å². The fraction of sp³-hybridized carbons (Fsp3) is 0.727. The van der Waals surface area contributed by atoms with E-state index in [0.717, 1.165) is 0 Å². The first-order valence-electron chi connectivity index (χ1n) is 4.76.